The lowest BCUT2D eigenvalue weighted by molar-refractivity contribution is -0.119. The number of fused-ring (bicyclic) bond motifs is 1. The van der Waals surface area contributed by atoms with E-state index in [2.05, 4.69) is 29.0 Å². The predicted octanol–water partition coefficient (Wildman–Crippen LogP) is 3.10. The molecule has 0 fully saturated rings. The summed E-state index contributed by atoms with van der Waals surface area (Å²) < 4.78 is 0. The van der Waals surface area contributed by atoms with Gasteiger partial charge in [-0.15, -0.1) is 0 Å². The van der Waals surface area contributed by atoms with E-state index in [0.29, 0.717) is 5.82 Å². The molecule has 2 heterocycles. The molecule has 2 N–H and O–H groups in total. The Hall–Kier alpha value is -3.09. The fourth-order valence-electron chi connectivity index (χ4n) is 3.27. The average molecular weight is 354 g/mol. The Kier molecular flexibility index (Phi) is 4.54. The van der Waals surface area contributed by atoms with Gasteiger partial charge in [-0.2, -0.15) is 0 Å². The van der Waals surface area contributed by atoms with Crippen LogP contribution in [0.3, 0.4) is 0 Å². The van der Waals surface area contributed by atoms with E-state index >= 15 is 0 Å². The molecule has 26 heavy (non-hydrogen) atoms. The largest absolute Gasteiger partial charge is 0.478 e. The summed E-state index contributed by atoms with van der Waals surface area (Å²) in [6, 6.07) is 8.30. The Morgan fingerprint density at radius 3 is 2.46 bits per heavy atom. The number of aromatic nitrogens is 1. The van der Waals surface area contributed by atoms with Crippen LogP contribution in [0.1, 0.15) is 31.1 Å². The number of hydrogen-bond acceptors (Lipinski definition) is 5. The molecule has 1 aliphatic rings. The van der Waals surface area contributed by atoms with Crippen molar-refractivity contribution in [3.05, 3.63) is 42.1 Å². The number of hydrogen-bond donors (Lipinski definition) is 2. The summed E-state index contributed by atoms with van der Waals surface area (Å²) in [5.74, 6) is -0.289. The number of anilines is 4. The molecule has 1 unspecified atom stereocenters. The van der Waals surface area contributed by atoms with E-state index in [-0.39, 0.29) is 23.6 Å². The minimum atomic E-state index is -0.960. The van der Waals surface area contributed by atoms with E-state index < -0.39 is 5.97 Å². The zero-order valence-electron chi connectivity index (χ0n) is 15.2. The molecule has 0 saturated carbocycles. The van der Waals surface area contributed by atoms with Crippen molar-refractivity contribution in [1.29, 1.82) is 0 Å². The molecule has 136 valence electrons. The standard InChI is InChI=1S/C19H22N4O3/c1-11(2)23-12(3)18(24)22(4)16-10-20-17(9-15(16)23)21-14-7-5-13(6-8-14)19(25)26/h5-12H,1-4H3,(H,20,21)(H,25,26). The summed E-state index contributed by atoms with van der Waals surface area (Å²) in [5.41, 5.74) is 2.68. The van der Waals surface area contributed by atoms with E-state index in [1.165, 1.54) is 12.1 Å². The van der Waals surface area contributed by atoms with Crippen LogP contribution in [0, 0.1) is 0 Å². The van der Waals surface area contributed by atoms with Crippen molar-refractivity contribution in [3.63, 3.8) is 0 Å². The summed E-state index contributed by atoms with van der Waals surface area (Å²) in [6.07, 6.45) is 1.68. The van der Waals surface area contributed by atoms with Gasteiger partial charge < -0.3 is 20.2 Å². The Balaban J connectivity index is 1.94. The summed E-state index contributed by atoms with van der Waals surface area (Å²) in [7, 11) is 1.76. The lowest BCUT2D eigenvalue weighted by Gasteiger charge is -2.42. The van der Waals surface area contributed by atoms with E-state index in [1.54, 1.807) is 30.3 Å². The molecular formula is C19H22N4O3. The van der Waals surface area contributed by atoms with Crippen LogP contribution in [0.2, 0.25) is 0 Å². The molecule has 3 rings (SSSR count). The molecule has 0 aliphatic carbocycles. The lowest BCUT2D eigenvalue weighted by atomic mass is 10.1. The van der Waals surface area contributed by atoms with Gasteiger partial charge in [0, 0.05) is 24.8 Å². The van der Waals surface area contributed by atoms with Crippen molar-refractivity contribution in [3.8, 4) is 0 Å². The Morgan fingerprint density at radius 2 is 1.88 bits per heavy atom. The second-order valence-electron chi connectivity index (χ2n) is 6.64. The summed E-state index contributed by atoms with van der Waals surface area (Å²) in [4.78, 5) is 31.5. The maximum Gasteiger partial charge on any atom is 0.335 e. The molecule has 0 bridgehead atoms. The van der Waals surface area contributed by atoms with E-state index in [1.807, 2.05) is 13.0 Å². The van der Waals surface area contributed by atoms with E-state index in [4.69, 9.17) is 5.11 Å². The van der Waals surface area contributed by atoms with Crippen LogP contribution >= 0.6 is 0 Å². The van der Waals surface area contributed by atoms with E-state index in [9.17, 15) is 9.59 Å². The third kappa shape index (κ3) is 3.08. The fourth-order valence-corrected chi connectivity index (χ4v) is 3.27. The first-order valence-electron chi connectivity index (χ1n) is 8.46. The summed E-state index contributed by atoms with van der Waals surface area (Å²) in [6.45, 7) is 6.01. The van der Waals surface area contributed by atoms with Gasteiger partial charge in [0.05, 0.1) is 23.1 Å². The normalized spacial score (nSPS) is 16.7. The molecule has 1 amide bonds. The maximum absolute atomic E-state index is 12.5. The van der Waals surface area contributed by atoms with Gasteiger partial charge in [0.2, 0.25) is 5.91 Å². The highest BCUT2D eigenvalue weighted by Crippen LogP contribution is 2.37. The summed E-state index contributed by atoms with van der Waals surface area (Å²) in [5, 5.41) is 12.2. The van der Waals surface area contributed by atoms with Crippen molar-refractivity contribution >= 4 is 34.8 Å². The van der Waals surface area contributed by atoms with Crippen LogP contribution in [-0.4, -0.2) is 41.1 Å². The van der Waals surface area contributed by atoms with Gasteiger partial charge in [0.15, 0.2) is 0 Å². The number of benzene rings is 1. The van der Waals surface area contributed by atoms with Crippen molar-refractivity contribution in [2.24, 2.45) is 0 Å². The molecule has 7 heteroatoms. The molecule has 1 aliphatic heterocycles. The number of nitrogens with zero attached hydrogens (tertiary/aromatic N) is 3. The molecule has 0 saturated heterocycles. The minimum absolute atomic E-state index is 0.0398. The SMILES string of the molecule is CC(C)N1c2cc(Nc3ccc(C(=O)O)cc3)ncc2N(C)C(=O)C1C. The van der Waals surface area contributed by atoms with Gasteiger partial charge in [-0.05, 0) is 45.0 Å². The fraction of sp³-hybridized carbons (Fsp3) is 0.316. The highest BCUT2D eigenvalue weighted by molar-refractivity contribution is 6.05. The van der Waals surface area contributed by atoms with Gasteiger partial charge in [0.25, 0.3) is 0 Å². The second kappa shape index (κ2) is 6.67. The van der Waals surface area contributed by atoms with Crippen LogP contribution in [0.4, 0.5) is 22.9 Å². The average Bonchev–Trinajstić information content (AvgIpc) is 2.60. The molecule has 2 aromatic rings. The van der Waals surface area contributed by atoms with Crippen LogP contribution in [-0.2, 0) is 4.79 Å². The number of carbonyl (C=O) groups excluding carboxylic acids is 1. The Bertz CT molecular complexity index is 848. The number of amides is 1. The number of carboxylic acids is 1. The van der Waals surface area contributed by atoms with Gasteiger partial charge in [-0.25, -0.2) is 9.78 Å². The second-order valence-corrected chi connectivity index (χ2v) is 6.64. The van der Waals surface area contributed by atoms with Crippen LogP contribution < -0.4 is 15.1 Å². The summed E-state index contributed by atoms with van der Waals surface area (Å²) >= 11 is 0. The molecule has 1 aromatic heterocycles. The molecule has 1 aromatic carbocycles. The third-order valence-electron chi connectivity index (χ3n) is 4.57. The maximum atomic E-state index is 12.5. The number of rotatable bonds is 4. The first-order valence-corrected chi connectivity index (χ1v) is 8.46. The van der Waals surface area contributed by atoms with Crippen LogP contribution in [0.25, 0.3) is 0 Å². The zero-order valence-corrected chi connectivity index (χ0v) is 15.2. The quantitative estimate of drug-likeness (QED) is 0.877. The molecule has 0 radical (unpaired) electrons. The Morgan fingerprint density at radius 1 is 1.23 bits per heavy atom. The van der Waals surface area contributed by atoms with Crippen LogP contribution in [0.5, 0.6) is 0 Å². The molecule has 0 spiro atoms. The van der Waals surface area contributed by atoms with Gasteiger partial charge >= 0.3 is 5.97 Å². The van der Waals surface area contributed by atoms with Crippen LogP contribution in [0.15, 0.2) is 36.5 Å². The minimum Gasteiger partial charge on any atom is -0.478 e. The molecular weight excluding hydrogens is 332 g/mol. The zero-order chi connectivity index (χ0) is 19.0. The van der Waals surface area contributed by atoms with Gasteiger partial charge in [0.1, 0.15) is 11.9 Å². The number of likely N-dealkylation sites (N-methyl/N-ethyl adjacent to an activating group) is 1. The number of nitrogens with one attached hydrogen (secondary N) is 1. The number of carboxylic acid groups (broad SMARTS) is 1. The highest BCUT2D eigenvalue weighted by atomic mass is 16.4. The first kappa shape index (κ1) is 17.7. The van der Waals surface area contributed by atoms with Gasteiger partial charge in [-0.3, -0.25) is 4.79 Å². The topological polar surface area (TPSA) is 85.8 Å². The molecule has 7 nitrogen and oxygen atoms in total. The number of carbonyl (C=O) groups is 2. The lowest BCUT2D eigenvalue weighted by Crippen LogP contribution is -2.53. The number of pyridine rings is 1. The predicted molar refractivity (Wildman–Crippen MR) is 101 cm³/mol. The van der Waals surface area contributed by atoms with E-state index in [0.717, 1.165) is 17.1 Å². The van der Waals surface area contributed by atoms with Gasteiger partial charge in [-0.1, -0.05) is 0 Å². The first-order chi connectivity index (χ1) is 12.3. The number of aromatic carboxylic acids is 1. The van der Waals surface area contributed by atoms with Crippen molar-refractivity contribution in [1.82, 2.24) is 4.98 Å². The van der Waals surface area contributed by atoms with Crippen molar-refractivity contribution in [2.75, 3.05) is 22.2 Å². The van der Waals surface area contributed by atoms with Crippen molar-refractivity contribution in [2.45, 2.75) is 32.9 Å². The smallest absolute Gasteiger partial charge is 0.335 e. The molecule has 1 atom stereocenters. The monoisotopic (exact) mass is 354 g/mol. The third-order valence-corrected chi connectivity index (χ3v) is 4.57. The van der Waals surface area contributed by atoms with Crippen molar-refractivity contribution < 1.29 is 14.7 Å². The highest BCUT2D eigenvalue weighted by Gasteiger charge is 2.35. The Labute approximate surface area is 152 Å².